The number of hydrogen-bond acceptors (Lipinski definition) is 0. The summed E-state index contributed by atoms with van der Waals surface area (Å²) >= 11 is 0. The molecule has 0 N–H and O–H groups in total. The molecule has 0 bridgehead atoms. The van der Waals surface area contributed by atoms with Gasteiger partial charge in [0.1, 0.15) is 0 Å². The molecule has 0 heteroatoms. The summed E-state index contributed by atoms with van der Waals surface area (Å²) in [5, 5.41) is 5.54. The largest absolute Gasteiger partial charge is 0.0587 e. The van der Waals surface area contributed by atoms with E-state index in [1.54, 1.807) is 0 Å². The number of hydrogen-bond donors (Lipinski definition) is 0. The summed E-state index contributed by atoms with van der Waals surface area (Å²) in [4.78, 5) is 0. The summed E-state index contributed by atoms with van der Waals surface area (Å²) in [6, 6.07) is 13.7. The maximum absolute atomic E-state index is 2.30. The lowest BCUT2D eigenvalue weighted by Gasteiger charge is -2.15. The molecule has 0 saturated heterocycles. The van der Waals surface area contributed by atoms with Crippen molar-refractivity contribution in [3.05, 3.63) is 58.7 Å². The van der Waals surface area contributed by atoms with Crippen molar-refractivity contribution >= 4 is 21.5 Å². The molecule has 3 aromatic carbocycles. The van der Waals surface area contributed by atoms with Gasteiger partial charge in [-0.05, 0) is 70.5 Å². The van der Waals surface area contributed by atoms with E-state index >= 15 is 0 Å². The van der Waals surface area contributed by atoms with E-state index in [4.69, 9.17) is 0 Å². The minimum Gasteiger partial charge on any atom is -0.0587 e. The van der Waals surface area contributed by atoms with Crippen molar-refractivity contribution in [2.75, 3.05) is 0 Å². The van der Waals surface area contributed by atoms with Crippen molar-refractivity contribution in [1.82, 2.24) is 0 Å². The Kier molecular flexibility index (Phi) is 3.05. The van der Waals surface area contributed by atoms with Gasteiger partial charge in [0.15, 0.2) is 0 Å². The van der Waals surface area contributed by atoms with Gasteiger partial charge in [0.2, 0.25) is 0 Å². The van der Waals surface area contributed by atoms with Crippen LogP contribution in [0, 0.1) is 20.8 Å². The van der Waals surface area contributed by atoms with E-state index in [9.17, 15) is 0 Å². The molecule has 0 amide bonds. The first kappa shape index (κ1) is 13.2. The molecule has 0 aromatic heterocycles. The lowest BCUT2D eigenvalue weighted by molar-refractivity contribution is 0.859. The van der Waals surface area contributed by atoms with E-state index in [1.807, 2.05) is 0 Å². The highest BCUT2D eigenvalue weighted by Crippen LogP contribution is 2.33. The lowest BCUT2D eigenvalue weighted by atomic mass is 9.90. The zero-order valence-corrected chi connectivity index (χ0v) is 13.0. The van der Waals surface area contributed by atoms with Crippen LogP contribution in [-0.2, 0) is 0 Å². The highest BCUT2D eigenvalue weighted by Gasteiger charge is 2.10. The summed E-state index contributed by atoms with van der Waals surface area (Å²) < 4.78 is 0. The van der Waals surface area contributed by atoms with Crippen LogP contribution >= 0.6 is 0 Å². The van der Waals surface area contributed by atoms with E-state index in [0.717, 1.165) is 0 Å². The molecular formula is C20H22. The van der Waals surface area contributed by atoms with E-state index in [1.165, 1.54) is 43.8 Å². The zero-order valence-electron chi connectivity index (χ0n) is 13.0. The SMILES string of the molecule is Cc1ccc2c(ccc3c(C)c(C(C)C)ccc32)c1C. The first-order valence-corrected chi connectivity index (χ1v) is 7.43. The van der Waals surface area contributed by atoms with Crippen molar-refractivity contribution in [1.29, 1.82) is 0 Å². The van der Waals surface area contributed by atoms with E-state index in [2.05, 4.69) is 71.0 Å². The Morgan fingerprint density at radius 1 is 0.600 bits per heavy atom. The summed E-state index contributed by atoms with van der Waals surface area (Å²) in [6.07, 6.45) is 0. The van der Waals surface area contributed by atoms with Crippen molar-refractivity contribution < 1.29 is 0 Å². The molecule has 3 aromatic rings. The van der Waals surface area contributed by atoms with Crippen LogP contribution in [-0.4, -0.2) is 0 Å². The summed E-state index contributed by atoms with van der Waals surface area (Å²) in [5.74, 6) is 0.579. The second-order valence-electron chi connectivity index (χ2n) is 6.20. The molecule has 0 saturated carbocycles. The molecule has 0 atom stereocenters. The van der Waals surface area contributed by atoms with Gasteiger partial charge in [0, 0.05) is 0 Å². The molecule has 0 aliphatic heterocycles. The molecule has 0 unspecified atom stereocenters. The number of fused-ring (bicyclic) bond motifs is 3. The van der Waals surface area contributed by atoms with Crippen LogP contribution in [0.5, 0.6) is 0 Å². The molecule has 102 valence electrons. The average molecular weight is 262 g/mol. The van der Waals surface area contributed by atoms with E-state index in [-0.39, 0.29) is 0 Å². The topological polar surface area (TPSA) is 0 Å². The average Bonchev–Trinajstić information content (AvgIpc) is 2.42. The Bertz CT molecular complexity index is 807. The Morgan fingerprint density at radius 3 is 1.70 bits per heavy atom. The van der Waals surface area contributed by atoms with Crippen molar-refractivity contribution in [2.24, 2.45) is 0 Å². The highest BCUT2D eigenvalue weighted by molar-refractivity contribution is 6.09. The van der Waals surface area contributed by atoms with Gasteiger partial charge in [0.05, 0.1) is 0 Å². The maximum atomic E-state index is 2.30. The van der Waals surface area contributed by atoms with Crippen LogP contribution in [0.15, 0.2) is 36.4 Å². The normalized spacial score (nSPS) is 11.7. The smallest absolute Gasteiger partial charge is 0.0102 e. The third kappa shape index (κ3) is 1.83. The highest BCUT2D eigenvalue weighted by atomic mass is 14.1. The first-order chi connectivity index (χ1) is 9.50. The molecule has 0 nitrogen and oxygen atoms in total. The van der Waals surface area contributed by atoms with Gasteiger partial charge < -0.3 is 0 Å². The second kappa shape index (κ2) is 4.63. The third-order valence-electron chi connectivity index (χ3n) is 4.67. The fraction of sp³-hybridized carbons (Fsp3) is 0.300. The van der Waals surface area contributed by atoms with Gasteiger partial charge in [-0.25, -0.2) is 0 Å². The minimum absolute atomic E-state index is 0.579. The molecule has 0 radical (unpaired) electrons. The standard InChI is InChI=1S/C20H22/c1-12(2)16-8-11-20-18(15(16)5)10-9-17-14(4)13(3)6-7-19(17)20/h6-12H,1-5H3. The van der Waals surface area contributed by atoms with Crippen LogP contribution in [0.3, 0.4) is 0 Å². The number of benzene rings is 3. The number of aryl methyl sites for hydroxylation is 3. The van der Waals surface area contributed by atoms with Crippen LogP contribution in [0.4, 0.5) is 0 Å². The van der Waals surface area contributed by atoms with Gasteiger partial charge in [-0.3, -0.25) is 0 Å². The summed E-state index contributed by atoms with van der Waals surface area (Å²) in [6.45, 7) is 11.2. The van der Waals surface area contributed by atoms with E-state index < -0.39 is 0 Å². The Hall–Kier alpha value is -1.82. The Labute approximate surface area is 121 Å². The van der Waals surface area contributed by atoms with Crippen LogP contribution in [0.25, 0.3) is 21.5 Å². The third-order valence-corrected chi connectivity index (χ3v) is 4.67. The van der Waals surface area contributed by atoms with Gasteiger partial charge in [-0.2, -0.15) is 0 Å². The van der Waals surface area contributed by atoms with E-state index in [0.29, 0.717) is 5.92 Å². The van der Waals surface area contributed by atoms with Crippen LogP contribution in [0.2, 0.25) is 0 Å². The molecule has 3 rings (SSSR count). The minimum atomic E-state index is 0.579. The zero-order chi connectivity index (χ0) is 14.4. The molecule has 0 fully saturated rings. The lowest BCUT2D eigenvalue weighted by Crippen LogP contribution is -1.94. The van der Waals surface area contributed by atoms with Crippen molar-refractivity contribution in [3.8, 4) is 0 Å². The van der Waals surface area contributed by atoms with Gasteiger partial charge in [-0.1, -0.05) is 50.2 Å². The predicted octanol–water partition coefficient (Wildman–Crippen LogP) is 6.04. The van der Waals surface area contributed by atoms with Gasteiger partial charge in [-0.15, -0.1) is 0 Å². The second-order valence-corrected chi connectivity index (χ2v) is 6.20. The summed E-state index contributed by atoms with van der Waals surface area (Å²) in [7, 11) is 0. The van der Waals surface area contributed by atoms with Crippen molar-refractivity contribution in [3.63, 3.8) is 0 Å². The Balaban J connectivity index is 2.45. The first-order valence-electron chi connectivity index (χ1n) is 7.43. The molecule has 0 spiro atoms. The maximum Gasteiger partial charge on any atom is -0.0102 e. The fourth-order valence-corrected chi connectivity index (χ4v) is 3.27. The molecule has 0 aliphatic carbocycles. The van der Waals surface area contributed by atoms with Gasteiger partial charge in [0.25, 0.3) is 0 Å². The quantitative estimate of drug-likeness (QED) is 0.469. The summed E-state index contributed by atoms with van der Waals surface area (Å²) in [5.41, 5.74) is 5.65. The number of rotatable bonds is 1. The molecule has 0 aliphatic rings. The van der Waals surface area contributed by atoms with Crippen LogP contribution in [0.1, 0.15) is 42.0 Å². The van der Waals surface area contributed by atoms with Crippen LogP contribution < -0.4 is 0 Å². The molecular weight excluding hydrogens is 240 g/mol. The predicted molar refractivity (Wildman–Crippen MR) is 89.8 cm³/mol. The monoisotopic (exact) mass is 262 g/mol. The molecule has 20 heavy (non-hydrogen) atoms. The van der Waals surface area contributed by atoms with Gasteiger partial charge >= 0.3 is 0 Å². The van der Waals surface area contributed by atoms with Crippen molar-refractivity contribution in [2.45, 2.75) is 40.5 Å². The fourth-order valence-electron chi connectivity index (χ4n) is 3.27. The Morgan fingerprint density at radius 2 is 1.10 bits per heavy atom. The molecule has 0 heterocycles.